The van der Waals surface area contributed by atoms with Crippen LogP contribution in [0.2, 0.25) is 0 Å². The van der Waals surface area contributed by atoms with Gasteiger partial charge < -0.3 is 11.5 Å². The fraction of sp³-hybridized carbons (Fsp3) is 0.125. The van der Waals surface area contributed by atoms with E-state index in [1.165, 1.54) is 25.1 Å². The molecular formula is C24H17F3N6O2. The number of primary amides is 2. The van der Waals surface area contributed by atoms with Crippen LogP contribution in [0.1, 0.15) is 43.4 Å². The second-order valence-corrected chi connectivity index (χ2v) is 7.69. The molecule has 0 aliphatic rings. The Morgan fingerprint density at radius 1 is 1.03 bits per heavy atom. The number of hydrogen-bond acceptors (Lipinski definition) is 5. The number of carbonyl (C=O) groups is 2. The second-order valence-electron chi connectivity index (χ2n) is 7.69. The van der Waals surface area contributed by atoms with E-state index in [-0.39, 0.29) is 34.3 Å². The predicted molar refractivity (Wildman–Crippen MR) is 120 cm³/mol. The number of pyridine rings is 1. The summed E-state index contributed by atoms with van der Waals surface area (Å²) in [4.78, 5) is 29.0. The van der Waals surface area contributed by atoms with Gasteiger partial charge in [-0.1, -0.05) is 36.4 Å². The summed E-state index contributed by atoms with van der Waals surface area (Å²) >= 11 is 0. The number of fused-ring (bicyclic) bond motifs is 1. The lowest BCUT2D eigenvalue weighted by molar-refractivity contribution is -0.141. The van der Waals surface area contributed by atoms with Crippen molar-refractivity contribution in [2.45, 2.75) is 19.6 Å². The Balaban J connectivity index is 2.11. The molecule has 0 fully saturated rings. The van der Waals surface area contributed by atoms with Gasteiger partial charge in [-0.05, 0) is 24.6 Å². The number of nitrogens with two attached hydrogens (primary N) is 2. The maximum absolute atomic E-state index is 14.2. The van der Waals surface area contributed by atoms with Crippen LogP contribution >= 0.6 is 0 Å². The fourth-order valence-electron chi connectivity index (χ4n) is 4.02. The zero-order valence-corrected chi connectivity index (χ0v) is 18.2. The first-order valence-electron chi connectivity index (χ1n) is 10.2. The summed E-state index contributed by atoms with van der Waals surface area (Å²) in [5.41, 5.74) is 8.76. The number of nitrogens with zero attached hydrogens (tertiary/aromatic N) is 4. The van der Waals surface area contributed by atoms with Gasteiger partial charge in [-0.2, -0.15) is 23.5 Å². The number of amides is 2. The maximum Gasteiger partial charge on any atom is 0.435 e. The van der Waals surface area contributed by atoms with Gasteiger partial charge in [0.25, 0.3) is 5.91 Å². The molecule has 2 amide bonds. The van der Waals surface area contributed by atoms with Crippen LogP contribution in [0.4, 0.5) is 13.2 Å². The van der Waals surface area contributed by atoms with Crippen molar-refractivity contribution >= 4 is 22.7 Å². The van der Waals surface area contributed by atoms with Crippen molar-refractivity contribution in [3.8, 4) is 17.2 Å². The van der Waals surface area contributed by atoms with E-state index in [4.69, 9.17) is 11.5 Å². The van der Waals surface area contributed by atoms with Crippen molar-refractivity contribution in [1.29, 1.82) is 5.26 Å². The molecule has 4 aromatic rings. The summed E-state index contributed by atoms with van der Waals surface area (Å²) < 4.78 is 43.7. The molecule has 0 aliphatic carbocycles. The van der Waals surface area contributed by atoms with Crippen LogP contribution in [-0.4, -0.2) is 26.6 Å². The third-order valence-electron chi connectivity index (χ3n) is 5.56. The minimum atomic E-state index is -4.96. The van der Waals surface area contributed by atoms with Gasteiger partial charge in [-0.3, -0.25) is 14.3 Å². The zero-order valence-electron chi connectivity index (χ0n) is 18.2. The predicted octanol–water partition coefficient (Wildman–Crippen LogP) is 3.54. The van der Waals surface area contributed by atoms with Gasteiger partial charge in [0, 0.05) is 22.2 Å². The Labute approximate surface area is 196 Å². The molecule has 4 rings (SSSR count). The van der Waals surface area contributed by atoms with Crippen LogP contribution in [0.25, 0.3) is 22.0 Å². The highest BCUT2D eigenvalue weighted by atomic mass is 19.4. The average molecular weight is 478 g/mol. The number of rotatable bonds is 5. The van der Waals surface area contributed by atoms with E-state index in [9.17, 15) is 28.0 Å². The molecule has 2 aromatic carbocycles. The van der Waals surface area contributed by atoms with Crippen LogP contribution in [0, 0.1) is 18.3 Å². The van der Waals surface area contributed by atoms with E-state index in [1.54, 1.807) is 30.3 Å². The molecule has 0 saturated heterocycles. The van der Waals surface area contributed by atoms with E-state index in [1.807, 2.05) is 6.07 Å². The van der Waals surface area contributed by atoms with Gasteiger partial charge in [0.05, 0.1) is 29.3 Å². The van der Waals surface area contributed by atoms with Crippen LogP contribution in [0.5, 0.6) is 0 Å². The Morgan fingerprint density at radius 2 is 1.69 bits per heavy atom. The monoisotopic (exact) mass is 478 g/mol. The number of aromatic nitrogens is 3. The van der Waals surface area contributed by atoms with Gasteiger partial charge in [-0.25, -0.2) is 4.98 Å². The maximum atomic E-state index is 14.2. The molecule has 0 unspecified atom stereocenters. The van der Waals surface area contributed by atoms with Gasteiger partial charge >= 0.3 is 6.18 Å². The van der Waals surface area contributed by atoms with Crippen LogP contribution in [0.15, 0.2) is 48.5 Å². The third-order valence-corrected chi connectivity index (χ3v) is 5.56. The topological polar surface area (TPSA) is 141 Å². The van der Waals surface area contributed by atoms with Gasteiger partial charge in [0.15, 0.2) is 5.69 Å². The summed E-state index contributed by atoms with van der Waals surface area (Å²) in [6, 6.07) is 14.5. The lowest BCUT2D eigenvalue weighted by Gasteiger charge is -2.16. The van der Waals surface area contributed by atoms with E-state index in [0.29, 0.717) is 5.56 Å². The highest BCUT2D eigenvalue weighted by molar-refractivity contribution is 6.15. The fourth-order valence-corrected chi connectivity index (χ4v) is 4.02. The molecule has 0 aliphatic heterocycles. The number of benzene rings is 2. The van der Waals surface area contributed by atoms with Crippen molar-refractivity contribution in [1.82, 2.24) is 14.8 Å². The quantitative estimate of drug-likeness (QED) is 0.451. The molecule has 4 N–H and O–H groups in total. The number of hydrogen-bond donors (Lipinski definition) is 2. The van der Waals surface area contributed by atoms with Crippen LogP contribution < -0.4 is 11.5 Å². The van der Waals surface area contributed by atoms with Crippen molar-refractivity contribution in [2.75, 3.05) is 0 Å². The molecule has 176 valence electrons. The summed E-state index contributed by atoms with van der Waals surface area (Å²) in [5, 5.41) is 13.3. The lowest BCUT2D eigenvalue weighted by Crippen LogP contribution is -2.21. The largest absolute Gasteiger partial charge is 0.435 e. The number of halogens is 3. The molecule has 0 bridgehead atoms. The average Bonchev–Trinajstić information content (AvgIpc) is 3.14. The SMILES string of the molecule is Cc1c(-c2c(C(N)=O)nc3ccccc3c2C(N)=O)c(C(F)(F)F)nn1Cc1ccccc1C#N. The third kappa shape index (κ3) is 4.06. The summed E-state index contributed by atoms with van der Waals surface area (Å²) in [6.07, 6.45) is -4.96. The minimum absolute atomic E-state index is 0.0212. The van der Waals surface area contributed by atoms with Crippen LogP contribution in [0.3, 0.4) is 0 Å². The number of carbonyl (C=O) groups excluding carboxylic acids is 2. The Kier molecular flexibility index (Phi) is 5.74. The van der Waals surface area contributed by atoms with Gasteiger partial charge in [0.1, 0.15) is 5.69 Å². The normalized spacial score (nSPS) is 11.4. The Bertz CT molecular complexity index is 1550. The molecule has 2 aromatic heterocycles. The van der Waals surface area contributed by atoms with E-state index in [2.05, 4.69) is 10.1 Å². The standard InChI is InChI=1S/C24H17F3N6O2/c1-12-17(19-18(22(29)34)15-8-4-5-9-16(15)31-20(19)23(30)35)21(24(25,26)27)32-33(12)11-14-7-3-2-6-13(14)10-28/h2-9H,11H2,1H3,(H2,29,34)(H2,30,35). The molecule has 0 atom stereocenters. The zero-order chi connectivity index (χ0) is 25.5. The van der Waals surface area contributed by atoms with Crippen molar-refractivity contribution in [3.05, 3.63) is 82.3 Å². The molecule has 11 heteroatoms. The summed E-state index contributed by atoms with van der Waals surface area (Å²) in [6.45, 7) is 1.19. The summed E-state index contributed by atoms with van der Waals surface area (Å²) in [7, 11) is 0. The minimum Gasteiger partial charge on any atom is -0.366 e. The Morgan fingerprint density at radius 3 is 2.31 bits per heavy atom. The highest BCUT2D eigenvalue weighted by Gasteiger charge is 2.41. The van der Waals surface area contributed by atoms with Crippen LogP contribution in [-0.2, 0) is 12.7 Å². The van der Waals surface area contributed by atoms with E-state index in [0.717, 1.165) is 4.68 Å². The van der Waals surface area contributed by atoms with Crippen molar-refractivity contribution < 1.29 is 22.8 Å². The first-order chi connectivity index (χ1) is 16.5. The van der Waals surface area contributed by atoms with Crippen molar-refractivity contribution in [3.63, 3.8) is 0 Å². The van der Waals surface area contributed by atoms with E-state index < -0.39 is 40.5 Å². The van der Waals surface area contributed by atoms with Gasteiger partial charge in [-0.15, -0.1) is 0 Å². The smallest absolute Gasteiger partial charge is 0.366 e. The molecule has 8 nitrogen and oxygen atoms in total. The molecule has 0 spiro atoms. The van der Waals surface area contributed by atoms with Gasteiger partial charge in [0.2, 0.25) is 5.91 Å². The number of para-hydroxylation sites is 1. The van der Waals surface area contributed by atoms with E-state index >= 15 is 0 Å². The molecule has 0 saturated carbocycles. The molecule has 0 radical (unpaired) electrons. The molecule has 2 heterocycles. The Hall–Kier alpha value is -4.72. The molecule has 35 heavy (non-hydrogen) atoms. The first kappa shape index (κ1) is 23.4. The number of nitriles is 1. The molecular weight excluding hydrogens is 461 g/mol. The van der Waals surface area contributed by atoms with Crippen molar-refractivity contribution in [2.24, 2.45) is 11.5 Å². The number of alkyl halides is 3. The first-order valence-corrected chi connectivity index (χ1v) is 10.2. The second kappa shape index (κ2) is 8.57. The summed E-state index contributed by atoms with van der Waals surface area (Å²) in [5.74, 6) is -2.19. The lowest BCUT2D eigenvalue weighted by atomic mass is 9.92. The highest BCUT2D eigenvalue weighted by Crippen LogP contribution is 2.42.